The summed E-state index contributed by atoms with van der Waals surface area (Å²) >= 11 is 0. The Morgan fingerprint density at radius 2 is 1.50 bits per heavy atom. The minimum atomic E-state index is 0.0923. The zero-order valence-electron chi connectivity index (χ0n) is 19.1. The molecule has 0 radical (unpaired) electrons. The van der Waals surface area contributed by atoms with E-state index in [1.165, 1.54) is 38.7 Å². The van der Waals surface area contributed by atoms with Crippen LogP contribution in [0.25, 0.3) is 21.8 Å². The summed E-state index contributed by atoms with van der Waals surface area (Å²) in [5.74, 6) is 0.376. The quantitative estimate of drug-likeness (QED) is 0.325. The maximum atomic E-state index is 2.63. The second kappa shape index (κ2) is 7.13. The van der Waals surface area contributed by atoms with Crippen LogP contribution in [0.5, 0.6) is 0 Å². The third-order valence-electron chi connectivity index (χ3n) is 7.94. The Morgan fingerprint density at radius 1 is 0.781 bits per heavy atom. The van der Waals surface area contributed by atoms with Gasteiger partial charge in [-0.15, -0.1) is 0 Å². The summed E-state index contributed by atoms with van der Waals surface area (Å²) in [7, 11) is 0. The summed E-state index contributed by atoms with van der Waals surface area (Å²) in [6, 6.07) is 25.1. The molecule has 160 valence electrons. The summed E-state index contributed by atoms with van der Waals surface area (Å²) < 4.78 is 2.63. The summed E-state index contributed by atoms with van der Waals surface area (Å²) in [6.45, 7) is 7.05. The molecule has 3 aromatic carbocycles. The zero-order chi connectivity index (χ0) is 21.9. The summed E-state index contributed by atoms with van der Waals surface area (Å²) in [5, 5.41) is 2.72. The molecule has 32 heavy (non-hydrogen) atoms. The number of nitrogens with zero attached hydrogens (tertiary/aromatic N) is 2. The summed E-state index contributed by atoms with van der Waals surface area (Å²) in [6.07, 6.45) is 11.4. The van der Waals surface area contributed by atoms with E-state index in [1.54, 1.807) is 0 Å². The molecule has 0 bridgehead atoms. The molecule has 0 amide bonds. The summed E-state index contributed by atoms with van der Waals surface area (Å²) in [5.41, 5.74) is 6.84. The number of rotatable bonds is 4. The highest BCUT2D eigenvalue weighted by Crippen LogP contribution is 2.50. The first-order valence-corrected chi connectivity index (χ1v) is 11.9. The molecule has 0 N–H and O–H groups in total. The third kappa shape index (κ3) is 2.59. The van der Waals surface area contributed by atoms with Crippen LogP contribution in [-0.2, 0) is 5.54 Å². The predicted molar refractivity (Wildman–Crippen MR) is 137 cm³/mol. The van der Waals surface area contributed by atoms with Crippen molar-refractivity contribution in [3.8, 4) is 0 Å². The van der Waals surface area contributed by atoms with Crippen molar-refractivity contribution in [3.63, 3.8) is 0 Å². The lowest BCUT2D eigenvalue weighted by Gasteiger charge is -2.31. The Balaban J connectivity index is 1.69. The van der Waals surface area contributed by atoms with E-state index in [0.29, 0.717) is 12.0 Å². The molecule has 2 nitrogen and oxygen atoms in total. The molecule has 0 fully saturated rings. The Kier molecular flexibility index (Phi) is 4.33. The smallest absolute Gasteiger partial charge is 0.0629 e. The molecule has 0 spiro atoms. The van der Waals surface area contributed by atoms with Gasteiger partial charge in [0.05, 0.1) is 11.6 Å². The molecule has 4 aromatic rings. The van der Waals surface area contributed by atoms with Gasteiger partial charge in [0.2, 0.25) is 0 Å². The van der Waals surface area contributed by atoms with E-state index in [4.69, 9.17) is 0 Å². The van der Waals surface area contributed by atoms with Gasteiger partial charge in [-0.05, 0) is 55.7 Å². The van der Waals surface area contributed by atoms with Crippen LogP contribution in [0.1, 0.15) is 45.1 Å². The molecular weight excluding hydrogens is 388 g/mol. The van der Waals surface area contributed by atoms with E-state index in [2.05, 4.69) is 121 Å². The maximum absolute atomic E-state index is 2.63. The Labute approximate surface area is 190 Å². The first-order chi connectivity index (χ1) is 15.7. The molecule has 2 heterocycles. The van der Waals surface area contributed by atoms with Gasteiger partial charge >= 0.3 is 0 Å². The number of hydrogen-bond donors (Lipinski definition) is 0. The molecule has 1 aromatic heterocycles. The highest BCUT2D eigenvalue weighted by molar-refractivity contribution is 6.10. The Bertz CT molecular complexity index is 1370. The van der Waals surface area contributed by atoms with Crippen molar-refractivity contribution < 1.29 is 0 Å². The third-order valence-corrected chi connectivity index (χ3v) is 7.94. The molecule has 2 heteroatoms. The van der Waals surface area contributed by atoms with Gasteiger partial charge in [0, 0.05) is 39.1 Å². The highest BCUT2D eigenvalue weighted by atomic mass is 15.2. The average molecular weight is 419 g/mol. The number of benzene rings is 3. The minimum Gasteiger partial charge on any atom is -0.335 e. The fraction of sp³-hybridized carbons (Fsp3) is 0.267. The fourth-order valence-electron chi connectivity index (χ4n) is 5.83. The number of anilines is 2. The van der Waals surface area contributed by atoms with Crippen molar-refractivity contribution in [1.82, 2.24) is 4.57 Å². The SMILES string of the molecule is CCC(C)(CC)n1c2ccccc2c2cc3c(cc21)C1C=CC=CC1N3c1ccccc1. The van der Waals surface area contributed by atoms with Crippen LogP contribution in [0, 0.1) is 0 Å². The molecule has 1 aliphatic heterocycles. The lowest BCUT2D eigenvalue weighted by Crippen LogP contribution is -2.28. The van der Waals surface area contributed by atoms with E-state index >= 15 is 0 Å². The van der Waals surface area contributed by atoms with E-state index in [0.717, 1.165) is 12.8 Å². The molecular formula is C30H30N2. The van der Waals surface area contributed by atoms with Crippen molar-refractivity contribution >= 4 is 33.2 Å². The Morgan fingerprint density at radius 3 is 2.28 bits per heavy atom. The van der Waals surface area contributed by atoms with Crippen LogP contribution in [0.2, 0.25) is 0 Å². The molecule has 1 aliphatic carbocycles. The van der Waals surface area contributed by atoms with Crippen LogP contribution in [0.15, 0.2) is 91.0 Å². The van der Waals surface area contributed by atoms with Crippen molar-refractivity contribution in [2.45, 2.75) is 51.1 Å². The molecule has 2 atom stereocenters. The van der Waals surface area contributed by atoms with Crippen LogP contribution in [-0.4, -0.2) is 10.6 Å². The predicted octanol–water partition coefficient (Wildman–Crippen LogP) is 8.06. The molecule has 0 saturated carbocycles. The van der Waals surface area contributed by atoms with Crippen molar-refractivity contribution in [3.05, 3.63) is 96.6 Å². The first kappa shape index (κ1) is 19.4. The lowest BCUT2D eigenvalue weighted by molar-refractivity contribution is 0.313. The van der Waals surface area contributed by atoms with Crippen molar-refractivity contribution in [1.29, 1.82) is 0 Å². The molecule has 2 aliphatic rings. The summed E-state index contributed by atoms with van der Waals surface area (Å²) in [4.78, 5) is 2.53. The van der Waals surface area contributed by atoms with E-state index in [1.807, 2.05) is 0 Å². The number of para-hydroxylation sites is 2. The molecule has 6 rings (SSSR count). The minimum absolute atomic E-state index is 0.0923. The normalized spacial score (nSPS) is 19.7. The van der Waals surface area contributed by atoms with Crippen LogP contribution in [0.4, 0.5) is 11.4 Å². The number of fused-ring (bicyclic) bond motifs is 6. The maximum Gasteiger partial charge on any atom is 0.0629 e. The molecule has 2 unspecified atom stereocenters. The lowest BCUT2D eigenvalue weighted by atomic mass is 9.90. The number of allylic oxidation sites excluding steroid dienone is 2. The van der Waals surface area contributed by atoms with Crippen LogP contribution >= 0.6 is 0 Å². The van der Waals surface area contributed by atoms with E-state index in [9.17, 15) is 0 Å². The van der Waals surface area contributed by atoms with Gasteiger partial charge in [0.25, 0.3) is 0 Å². The average Bonchev–Trinajstić information content (AvgIpc) is 3.35. The van der Waals surface area contributed by atoms with Crippen LogP contribution in [0.3, 0.4) is 0 Å². The van der Waals surface area contributed by atoms with Crippen molar-refractivity contribution in [2.24, 2.45) is 0 Å². The number of hydrogen-bond acceptors (Lipinski definition) is 1. The first-order valence-electron chi connectivity index (χ1n) is 11.9. The van der Waals surface area contributed by atoms with Gasteiger partial charge in [0.15, 0.2) is 0 Å². The highest BCUT2D eigenvalue weighted by Gasteiger charge is 2.38. The van der Waals surface area contributed by atoms with Gasteiger partial charge in [-0.25, -0.2) is 0 Å². The Hall–Kier alpha value is -3.26. The van der Waals surface area contributed by atoms with Gasteiger partial charge in [-0.3, -0.25) is 0 Å². The molecule has 0 saturated heterocycles. The monoisotopic (exact) mass is 418 g/mol. The van der Waals surface area contributed by atoms with Gasteiger partial charge < -0.3 is 9.47 Å². The largest absolute Gasteiger partial charge is 0.335 e. The van der Waals surface area contributed by atoms with Gasteiger partial charge in [0.1, 0.15) is 0 Å². The van der Waals surface area contributed by atoms with Gasteiger partial charge in [-0.1, -0.05) is 74.5 Å². The second-order valence-electron chi connectivity index (χ2n) is 9.48. The zero-order valence-corrected chi connectivity index (χ0v) is 19.1. The second-order valence-corrected chi connectivity index (χ2v) is 9.48. The van der Waals surface area contributed by atoms with Crippen molar-refractivity contribution in [2.75, 3.05) is 4.90 Å². The van der Waals surface area contributed by atoms with Crippen LogP contribution < -0.4 is 4.90 Å². The fourth-order valence-corrected chi connectivity index (χ4v) is 5.83. The number of aromatic nitrogens is 1. The van der Waals surface area contributed by atoms with E-state index < -0.39 is 0 Å². The topological polar surface area (TPSA) is 8.17 Å². The van der Waals surface area contributed by atoms with Gasteiger partial charge in [-0.2, -0.15) is 0 Å². The standard InChI is InChI=1S/C30H30N2/c1-4-30(3,5-2)32-27-18-12-10-16-23(27)25-19-28-24(20-29(25)32)22-15-9-11-17-26(22)31(28)21-13-7-6-8-14-21/h6-20,22,26H,4-5H2,1-3H3. The van der Waals surface area contributed by atoms with E-state index in [-0.39, 0.29) is 5.54 Å².